The Morgan fingerprint density at radius 2 is 1.95 bits per heavy atom. The molecule has 0 heterocycles. The smallest absolute Gasteiger partial charge is 0.253 e. The number of amides is 1. The van der Waals surface area contributed by atoms with Crippen LogP contribution in [0, 0.1) is 6.92 Å². The number of halogens is 2. The Balaban J connectivity index is 2.17. The highest BCUT2D eigenvalue weighted by atomic mass is 79.9. The summed E-state index contributed by atoms with van der Waals surface area (Å²) >= 11 is 9.56. The molecular weight excluding hydrogens is 338 g/mol. The van der Waals surface area contributed by atoms with Gasteiger partial charge in [0.05, 0.1) is 16.6 Å². The van der Waals surface area contributed by atoms with Crippen molar-refractivity contribution < 1.29 is 4.79 Å². The lowest BCUT2D eigenvalue weighted by molar-refractivity contribution is 0.0941. The molecule has 2 aromatic carbocycles. The summed E-state index contributed by atoms with van der Waals surface area (Å²) in [4.78, 5) is 12.3. The van der Waals surface area contributed by atoms with E-state index in [1.807, 2.05) is 43.3 Å². The van der Waals surface area contributed by atoms with E-state index in [9.17, 15) is 4.79 Å². The fourth-order valence-corrected chi connectivity index (χ4v) is 2.79. The molecule has 1 unspecified atom stereocenters. The summed E-state index contributed by atoms with van der Waals surface area (Å²) in [6.45, 7) is 1.94. The minimum Gasteiger partial charge on any atom is -0.344 e. The molecule has 0 spiro atoms. The van der Waals surface area contributed by atoms with Crippen molar-refractivity contribution in [3.63, 3.8) is 0 Å². The first-order valence-electron chi connectivity index (χ1n) is 6.29. The maximum absolute atomic E-state index is 12.3. The minimum atomic E-state index is -0.164. The molecule has 0 radical (unpaired) electrons. The second kappa shape index (κ2) is 6.91. The lowest BCUT2D eigenvalue weighted by atomic mass is 10.1. The predicted molar refractivity (Wildman–Crippen MR) is 86.6 cm³/mol. The van der Waals surface area contributed by atoms with Gasteiger partial charge in [0.2, 0.25) is 0 Å². The zero-order valence-corrected chi connectivity index (χ0v) is 13.4. The van der Waals surface area contributed by atoms with Crippen LogP contribution in [0.4, 0.5) is 0 Å². The molecule has 2 rings (SSSR count). The maximum Gasteiger partial charge on any atom is 0.253 e. The normalized spacial score (nSPS) is 11.9. The average Bonchev–Trinajstić information content (AvgIpc) is 2.45. The van der Waals surface area contributed by atoms with Gasteiger partial charge in [-0.1, -0.05) is 63.9 Å². The van der Waals surface area contributed by atoms with Gasteiger partial charge in [0.1, 0.15) is 0 Å². The molecule has 0 aliphatic heterocycles. The molecule has 2 aromatic rings. The van der Waals surface area contributed by atoms with Gasteiger partial charge in [-0.3, -0.25) is 4.79 Å². The van der Waals surface area contributed by atoms with Crippen molar-refractivity contribution >= 4 is 33.4 Å². The number of hydrogen-bond donors (Lipinski definition) is 1. The van der Waals surface area contributed by atoms with Crippen molar-refractivity contribution in [1.82, 2.24) is 5.32 Å². The third-order valence-electron chi connectivity index (χ3n) is 3.03. The molecule has 1 N–H and O–H groups in total. The van der Waals surface area contributed by atoms with Crippen LogP contribution < -0.4 is 5.32 Å². The summed E-state index contributed by atoms with van der Waals surface area (Å²) in [5, 5.41) is 4.11. The highest BCUT2D eigenvalue weighted by Gasteiger charge is 2.16. The number of hydrogen-bond acceptors (Lipinski definition) is 1. The van der Waals surface area contributed by atoms with Crippen molar-refractivity contribution in [2.24, 2.45) is 0 Å². The quantitative estimate of drug-likeness (QED) is 0.806. The number of nitrogens with one attached hydrogen (secondary N) is 1. The standard InChI is InChI=1S/C16H15BrClNO/c1-11-7-8-13(14(18)9-11)16(20)19-15(10-17)12-5-3-2-4-6-12/h2-9,15H,10H2,1H3,(H,19,20). The largest absolute Gasteiger partial charge is 0.344 e. The molecule has 0 saturated heterocycles. The van der Waals surface area contributed by atoms with Crippen LogP contribution >= 0.6 is 27.5 Å². The molecule has 0 aliphatic rings. The molecule has 0 bridgehead atoms. The van der Waals surface area contributed by atoms with Gasteiger partial charge in [-0.25, -0.2) is 0 Å². The van der Waals surface area contributed by atoms with Crippen molar-refractivity contribution in [3.8, 4) is 0 Å². The van der Waals surface area contributed by atoms with E-state index in [4.69, 9.17) is 11.6 Å². The van der Waals surface area contributed by atoms with Crippen molar-refractivity contribution in [3.05, 3.63) is 70.2 Å². The van der Waals surface area contributed by atoms with Gasteiger partial charge in [-0.05, 0) is 30.2 Å². The fraction of sp³-hybridized carbons (Fsp3) is 0.188. The van der Waals surface area contributed by atoms with Gasteiger partial charge in [0.15, 0.2) is 0 Å². The monoisotopic (exact) mass is 351 g/mol. The van der Waals surface area contributed by atoms with Crippen LogP contribution in [-0.2, 0) is 0 Å². The summed E-state index contributed by atoms with van der Waals surface area (Å²) in [6.07, 6.45) is 0. The lowest BCUT2D eigenvalue weighted by Crippen LogP contribution is -2.29. The third kappa shape index (κ3) is 3.62. The van der Waals surface area contributed by atoms with E-state index in [1.54, 1.807) is 12.1 Å². The topological polar surface area (TPSA) is 29.1 Å². The first-order chi connectivity index (χ1) is 9.61. The molecule has 104 valence electrons. The van der Waals surface area contributed by atoms with Crippen LogP contribution in [0.25, 0.3) is 0 Å². The predicted octanol–water partition coefficient (Wildman–Crippen LogP) is 4.51. The van der Waals surface area contributed by atoms with E-state index in [-0.39, 0.29) is 11.9 Å². The van der Waals surface area contributed by atoms with Gasteiger partial charge in [0, 0.05) is 5.33 Å². The van der Waals surface area contributed by atoms with Crippen LogP contribution in [0.1, 0.15) is 27.5 Å². The first kappa shape index (κ1) is 15.1. The minimum absolute atomic E-state index is 0.0823. The van der Waals surface area contributed by atoms with E-state index >= 15 is 0 Å². The average molecular weight is 353 g/mol. The molecule has 0 aromatic heterocycles. The number of rotatable bonds is 4. The zero-order chi connectivity index (χ0) is 14.5. The fourth-order valence-electron chi connectivity index (χ4n) is 1.94. The molecule has 1 amide bonds. The van der Waals surface area contributed by atoms with E-state index in [2.05, 4.69) is 21.2 Å². The summed E-state index contributed by atoms with van der Waals surface area (Å²) in [5.41, 5.74) is 2.59. The number of aryl methyl sites for hydroxylation is 1. The van der Waals surface area contributed by atoms with E-state index < -0.39 is 0 Å². The van der Waals surface area contributed by atoms with Crippen LogP contribution in [0.5, 0.6) is 0 Å². The SMILES string of the molecule is Cc1ccc(C(=O)NC(CBr)c2ccccc2)c(Cl)c1. The Morgan fingerprint density at radius 3 is 2.55 bits per heavy atom. The Morgan fingerprint density at radius 1 is 1.25 bits per heavy atom. The second-order valence-electron chi connectivity index (χ2n) is 4.57. The first-order valence-corrected chi connectivity index (χ1v) is 7.79. The number of benzene rings is 2. The molecule has 0 saturated carbocycles. The molecule has 20 heavy (non-hydrogen) atoms. The van der Waals surface area contributed by atoms with Gasteiger partial charge < -0.3 is 5.32 Å². The van der Waals surface area contributed by atoms with Crippen LogP contribution in [0.2, 0.25) is 5.02 Å². The van der Waals surface area contributed by atoms with Gasteiger partial charge >= 0.3 is 0 Å². The van der Waals surface area contributed by atoms with Crippen LogP contribution in [0.15, 0.2) is 48.5 Å². The van der Waals surface area contributed by atoms with Crippen LogP contribution in [-0.4, -0.2) is 11.2 Å². The Kier molecular flexibility index (Phi) is 5.21. The van der Waals surface area contributed by atoms with E-state index in [1.165, 1.54) is 0 Å². The van der Waals surface area contributed by atoms with Crippen molar-refractivity contribution in [2.75, 3.05) is 5.33 Å². The van der Waals surface area contributed by atoms with E-state index in [0.717, 1.165) is 11.1 Å². The van der Waals surface area contributed by atoms with Crippen molar-refractivity contribution in [2.45, 2.75) is 13.0 Å². The highest BCUT2D eigenvalue weighted by Crippen LogP contribution is 2.20. The Hall–Kier alpha value is -1.32. The summed E-state index contributed by atoms with van der Waals surface area (Å²) in [7, 11) is 0. The summed E-state index contributed by atoms with van der Waals surface area (Å²) in [6, 6.07) is 15.2. The molecule has 4 heteroatoms. The lowest BCUT2D eigenvalue weighted by Gasteiger charge is -2.17. The maximum atomic E-state index is 12.3. The second-order valence-corrected chi connectivity index (χ2v) is 5.63. The van der Waals surface area contributed by atoms with Gasteiger partial charge in [-0.15, -0.1) is 0 Å². The molecular formula is C16H15BrClNO. The van der Waals surface area contributed by atoms with Crippen molar-refractivity contribution in [1.29, 1.82) is 0 Å². The van der Waals surface area contributed by atoms with Gasteiger partial charge in [0.25, 0.3) is 5.91 Å². The van der Waals surface area contributed by atoms with Crippen LogP contribution in [0.3, 0.4) is 0 Å². The number of alkyl halides is 1. The number of carbonyl (C=O) groups is 1. The Bertz CT molecular complexity index is 601. The Labute approximate surface area is 132 Å². The van der Waals surface area contributed by atoms with Gasteiger partial charge in [-0.2, -0.15) is 0 Å². The third-order valence-corrected chi connectivity index (χ3v) is 3.99. The molecule has 1 atom stereocenters. The molecule has 2 nitrogen and oxygen atoms in total. The molecule has 0 fully saturated rings. The van der Waals surface area contributed by atoms with E-state index in [0.29, 0.717) is 15.9 Å². The number of carbonyl (C=O) groups excluding carboxylic acids is 1. The zero-order valence-electron chi connectivity index (χ0n) is 11.1. The molecule has 0 aliphatic carbocycles. The summed E-state index contributed by atoms with van der Waals surface area (Å²) < 4.78 is 0. The highest BCUT2D eigenvalue weighted by molar-refractivity contribution is 9.09. The summed E-state index contributed by atoms with van der Waals surface area (Å²) in [5.74, 6) is -0.164.